The van der Waals surface area contributed by atoms with Crippen LogP contribution in [-0.2, 0) is 0 Å². The summed E-state index contributed by atoms with van der Waals surface area (Å²) in [7, 11) is 0. The van der Waals surface area contributed by atoms with Gasteiger partial charge in [-0.25, -0.2) is 0 Å². The van der Waals surface area contributed by atoms with E-state index in [1.54, 1.807) is 0 Å². The molecular weight excluding hydrogens is 829 g/mol. The molecule has 0 bridgehead atoms. The summed E-state index contributed by atoms with van der Waals surface area (Å²) in [5.74, 6) is 0. The molecule has 318 valence electrons. The van der Waals surface area contributed by atoms with Gasteiger partial charge in [-0.2, -0.15) is 0 Å². The summed E-state index contributed by atoms with van der Waals surface area (Å²) in [5, 5.41) is 11.4. The molecule has 14 aromatic rings. The SMILES string of the molecule is c1ccc(-c2cc(N(c3ccccc3)c3cccc4c3oc3ccccc34)c3ccc4c(-c5ccccc5)cc(N(c5ccccc5)c5cccc6c5oc5ccccc56)c5ccc2c3c45)cc1. The molecular formula is C64H40N2O2. The van der Waals surface area contributed by atoms with Gasteiger partial charge in [-0.1, -0.05) is 182 Å². The van der Waals surface area contributed by atoms with Crippen LogP contribution in [0.4, 0.5) is 34.1 Å². The summed E-state index contributed by atoms with van der Waals surface area (Å²) < 4.78 is 13.7. The number of benzene rings is 12. The molecule has 0 fully saturated rings. The van der Waals surface area contributed by atoms with Crippen LogP contribution in [0.25, 0.3) is 98.4 Å². The Kier molecular flexibility index (Phi) is 8.55. The first-order chi connectivity index (χ1) is 33.8. The largest absolute Gasteiger partial charge is 0.454 e. The number of hydrogen-bond acceptors (Lipinski definition) is 4. The highest BCUT2D eigenvalue weighted by atomic mass is 16.3. The Balaban J connectivity index is 1.14. The molecule has 0 atom stereocenters. The maximum atomic E-state index is 6.83. The standard InChI is InChI=1S/C64H40N2O2/c1-5-19-41(20-6-1)53-39-57(65(43-23-9-3-10-24-43)55-31-17-29-49-45-27-13-15-33-59(45)67-63(49)55)51-38-36-48-54(42-21-7-2-8-22-42)40-58(52-37-35-47(53)61(51)62(48)52)66(44-25-11-4-12-26-44)56-32-18-30-50-46-28-14-16-34-60(46)68-64(50)56/h1-40H. The lowest BCUT2D eigenvalue weighted by Crippen LogP contribution is -2.12. The molecule has 0 saturated heterocycles. The van der Waals surface area contributed by atoms with E-state index in [1.165, 1.54) is 21.5 Å². The Labute approximate surface area is 392 Å². The second-order valence-corrected chi connectivity index (χ2v) is 17.5. The monoisotopic (exact) mass is 868 g/mol. The molecule has 0 radical (unpaired) electrons. The van der Waals surface area contributed by atoms with Crippen LogP contribution in [0.15, 0.2) is 251 Å². The van der Waals surface area contributed by atoms with Gasteiger partial charge in [-0.15, -0.1) is 0 Å². The Morgan fingerprint density at radius 1 is 0.250 bits per heavy atom. The van der Waals surface area contributed by atoms with E-state index >= 15 is 0 Å². The van der Waals surface area contributed by atoms with Crippen molar-refractivity contribution in [3.8, 4) is 22.3 Å². The van der Waals surface area contributed by atoms with Crippen molar-refractivity contribution in [3.05, 3.63) is 243 Å². The van der Waals surface area contributed by atoms with Gasteiger partial charge >= 0.3 is 0 Å². The maximum absolute atomic E-state index is 6.83. The number of furan rings is 2. The van der Waals surface area contributed by atoms with E-state index in [4.69, 9.17) is 8.83 Å². The minimum absolute atomic E-state index is 0.844. The second kappa shape index (κ2) is 15.2. The molecule has 2 aromatic heterocycles. The van der Waals surface area contributed by atoms with Gasteiger partial charge < -0.3 is 18.6 Å². The van der Waals surface area contributed by atoms with Gasteiger partial charge in [-0.05, 0) is 93.7 Å². The Morgan fingerprint density at radius 2 is 0.603 bits per heavy atom. The Bertz CT molecular complexity index is 3920. The third kappa shape index (κ3) is 5.81. The van der Waals surface area contributed by atoms with E-state index in [2.05, 4.69) is 240 Å². The Morgan fingerprint density at radius 3 is 1.03 bits per heavy atom. The van der Waals surface area contributed by atoms with E-state index in [-0.39, 0.29) is 0 Å². The number of hydrogen-bond donors (Lipinski definition) is 0. The minimum Gasteiger partial charge on any atom is -0.454 e. The molecule has 12 aromatic carbocycles. The van der Waals surface area contributed by atoms with Crippen LogP contribution in [0.3, 0.4) is 0 Å². The molecule has 0 amide bonds. The number of para-hydroxylation sites is 6. The minimum atomic E-state index is 0.844. The van der Waals surface area contributed by atoms with Gasteiger partial charge in [0.05, 0.1) is 22.7 Å². The van der Waals surface area contributed by atoms with Crippen LogP contribution in [0.2, 0.25) is 0 Å². The predicted octanol–water partition coefficient (Wildman–Crippen LogP) is 18.7. The van der Waals surface area contributed by atoms with Gasteiger partial charge in [0.25, 0.3) is 0 Å². The summed E-state index contributed by atoms with van der Waals surface area (Å²) in [5.41, 5.74) is 14.1. The molecule has 0 saturated carbocycles. The fraction of sp³-hybridized carbons (Fsp3) is 0. The van der Waals surface area contributed by atoms with Gasteiger partial charge in [0.1, 0.15) is 11.2 Å². The summed E-state index contributed by atoms with van der Waals surface area (Å²) in [6.07, 6.45) is 0. The maximum Gasteiger partial charge on any atom is 0.159 e. The smallest absolute Gasteiger partial charge is 0.159 e. The second-order valence-electron chi connectivity index (χ2n) is 17.5. The topological polar surface area (TPSA) is 32.8 Å². The van der Waals surface area contributed by atoms with Crippen molar-refractivity contribution in [3.63, 3.8) is 0 Å². The van der Waals surface area contributed by atoms with Crippen LogP contribution in [0.1, 0.15) is 0 Å². The first kappa shape index (κ1) is 38.2. The Hall–Kier alpha value is -9.12. The van der Waals surface area contributed by atoms with Crippen LogP contribution in [-0.4, -0.2) is 0 Å². The van der Waals surface area contributed by atoms with Gasteiger partial charge in [0.15, 0.2) is 11.2 Å². The summed E-state index contributed by atoms with van der Waals surface area (Å²) in [4.78, 5) is 4.81. The van der Waals surface area contributed by atoms with E-state index in [1.807, 2.05) is 12.1 Å². The molecule has 14 rings (SSSR count). The predicted molar refractivity (Wildman–Crippen MR) is 285 cm³/mol. The highest BCUT2D eigenvalue weighted by Gasteiger charge is 2.28. The average molecular weight is 869 g/mol. The van der Waals surface area contributed by atoms with Gasteiger partial charge in [0, 0.05) is 54.5 Å². The van der Waals surface area contributed by atoms with E-state index in [0.717, 1.165) is 111 Å². The zero-order valence-electron chi connectivity index (χ0n) is 36.8. The molecule has 0 aliphatic rings. The van der Waals surface area contributed by atoms with Crippen molar-refractivity contribution in [2.45, 2.75) is 0 Å². The van der Waals surface area contributed by atoms with Crippen molar-refractivity contribution in [1.82, 2.24) is 0 Å². The van der Waals surface area contributed by atoms with Crippen LogP contribution in [0.5, 0.6) is 0 Å². The van der Waals surface area contributed by atoms with Gasteiger partial charge in [0.2, 0.25) is 0 Å². The van der Waals surface area contributed by atoms with E-state index in [0.29, 0.717) is 0 Å². The highest BCUT2D eigenvalue weighted by Crippen LogP contribution is 2.53. The molecule has 0 N–H and O–H groups in total. The first-order valence-corrected chi connectivity index (χ1v) is 23.2. The molecule has 2 heterocycles. The number of anilines is 6. The highest BCUT2D eigenvalue weighted by molar-refractivity contribution is 6.33. The molecule has 0 aliphatic heterocycles. The molecule has 4 heteroatoms. The molecule has 4 nitrogen and oxygen atoms in total. The summed E-state index contributed by atoms with van der Waals surface area (Å²) in [6.45, 7) is 0. The molecule has 0 spiro atoms. The zero-order chi connectivity index (χ0) is 44.7. The van der Waals surface area contributed by atoms with E-state index < -0.39 is 0 Å². The van der Waals surface area contributed by atoms with Gasteiger partial charge in [-0.3, -0.25) is 0 Å². The van der Waals surface area contributed by atoms with Crippen molar-refractivity contribution in [1.29, 1.82) is 0 Å². The van der Waals surface area contributed by atoms with Crippen LogP contribution < -0.4 is 9.80 Å². The lowest BCUT2D eigenvalue weighted by molar-refractivity contribution is 0.669. The fourth-order valence-corrected chi connectivity index (χ4v) is 10.8. The van der Waals surface area contributed by atoms with Crippen LogP contribution in [0, 0.1) is 0 Å². The van der Waals surface area contributed by atoms with Crippen molar-refractivity contribution in [2.24, 2.45) is 0 Å². The molecule has 68 heavy (non-hydrogen) atoms. The first-order valence-electron chi connectivity index (χ1n) is 23.2. The zero-order valence-corrected chi connectivity index (χ0v) is 36.8. The lowest BCUT2D eigenvalue weighted by atomic mass is 9.85. The quantitative estimate of drug-likeness (QED) is 0.142. The summed E-state index contributed by atoms with van der Waals surface area (Å²) >= 11 is 0. The number of fused-ring (bicyclic) bond motifs is 6. The van der Waals surface area contributed by atoms with Crippen LogP contribution >= 0.6 is 0 Å². The summed E-state index contributed by atoms with van der Waals surface area (Å²) in [6, 6.07) is 87.0. The number of nitrogens with zero attached hydrogens (tertiary/aromatic N) is 2. The third-order valence-electron chi connectivity index (χ3n) is 13.8. The van der Waals surface area contributed by atoms with Crippen molar-refractivity contribution in [2.75, 3.05) is 9.80 Å². The normalized spacial score (nSPS) is 11.8. The van der Waals surface area contributed by atoms with Crippen molar-refractivity contribution >= 4 is 110 Å². The van der Waals surface area contributed by atoms with Crippen molar-refractivity contribution < 1.29 is 8.83 Å². The fourth-order valence-electron chi connectivity index (χ4n) is 10.8. The molecule has 0 unspecified atom stereocenters. The number of rotatable bonds is 8. The third-order valence-corrected chi connectivity index (χ3v) is 13.8. The average Bonchev–Trinajstić information content (AvgIpc) is 3.99. The molecule has 0 aliphatic carbocycles. The lowest BCUT2D eigenvalue weighted by Gasteiger charge is -2.31. The van der Waals surface area contributed by atoms with E-state index in [9.17, 15) is 0 Å².